The van der Waals surface area contributed by atoms with Crippen molar-refractivity contribution in [2.24, 2.45) is 0 Å². The summed E-state index contributed by atoms with van der Waals surface area (Å²) in [4.78, 5) is 11.6. The van der Waals surface area contributed by atoms with Gasteiger partial charge in [0.1, 0.15) is 5.82 Å². The number of unbranched alkanes of at least 4 members (excludes halogenated alkanes) is 2. The summed E-state index contributed by atoms with van der Waals surface area (Å²) < 4.78 is 13.1. The molecule has 0 saturated carbocycles. The Morgan fingerprint density at radius 2 is 2.24 bits per heavy atom. The Labute approximate surface area is 105 Å². The van der Waals surface area contributed by atoms with E-state index in [1.165, 1.54) is 18.2 Å². The summed E-state index contributed by atoms with van der Waals surface area (Å²) in [5.74, 6) is 1.56. The number of rotatable bonds is 5. The molecule has 0 aromatic heterocycles. The molecule has 0 bridgehead atoms. The van der Waals surface area contributed by atoms with E-state index in [0.717, 1.165) is 12.8 Å². The zero-order chi connectivity index (χ0) is 12.7. The number of halogens is 2. The molecule has 17 heavy (non-hydrogen) atoms. The van der Waals surface area contributed by atoms with Crippen LogP contribution in [-0.2, 0) is 0 Å². The van der Waals surface area contributed by atoms with Crippen LogP contribution in [0.3, 0.4) is 0 Å². The Balaban J connectivity index is 2.48. The second-order valence-corrected chi connectivity index (χ2v) is 3.90. The van der Waals surface area contributed by atoms with Crippen molar-refractivity contribution in [2.75, 3.05) is 6.54 Å². The van der Waals surface area contributed by atoms with Crippen molar-refractivity contribution in [2.45, 2.75) is 19.3 Å². The molecule has 90 valence electrons. The number of hydrogen-bond donors (Lipinski definition) is 1. The fourth-order valence-electron chi connectivity index (χ4n) is 1.33. The first kappa shape index (κ1) is 13.5. The van der Waals surface area contributed by atoms with Gasteiger partial charge in [0.25, 0.3) is 5.91 Å². The van der Waals surface area contributed by atoms with Gasteiger partial charge >= 0.3 is 0 Å². The first-order valence-corrected chi connectivity index (χ1v) is 5.70. The van der Waals surface area contributed by atoms with Crippen LogP contribution in [0.4, 0.5) is 4.39 Å². The molecule has 1 aromatic rings. The number of hydrogen-bond acceptors (Lipinski definition) is 1. The number of terminal acetylenes is 1. The Hall–Kier alpha value is -1.53. The van der Waals surface area contributed by atoms with E-state index >= 15 is 0 Å². The van der Waals surface area contributed by atoms with E-state index in [1.807, 2.05) is 0 Å². The van der Waals surface area contributed by atoms with Crippen LogP contribution in [-0.4, -0.2) is 12.5 Å². The zero-order valence-corrected chi connectivity index (χ0v) is 10.1. The highest BCUT2D eigenvalue weighted by Crippen LogP contribution is 2.19. The summed E-state index contributed by atoms with van der Waals surface area (Å²) in [6.45, 7) is 0.507. The molecule has 0 unspecified atom stereocenters. The van der Waals surface area contributed by atoms with Crippen LogP contribution >= 0.6 is 11.6 Å². The van der Waals surface area contributed by atoms with Crippen molar-refractivity contribution in [3.63, 3.8) is 0 Å². The molecular formula is C13H13ClFNO. The third kappa shape index (κ3) is 4.08. The lowest BCUT2D eigenvalue weighted by Gasteiger charge is -2.06. The highest BCUT2D eigenvalue weighted by Gasteiger charge is 2.12. The van der Waals surface area contributed by atoms with Crippen molar-refractivity contribution in [3.8, 4) is 12.3 Å². The van der Waals surface area contributed by atoms with Crippen LogP contribution in [0.2, 0.25) is 5.02 Å². The maximum absolute atomic E-state index is 13.1. The average molecular weight is 254 g/mol. The van der Waals surface area contributed by atoms with E-state index in [0.29, 0.717) is 13.0 Å². The van der Waals surface area contributed by atoms with Crippen LogP contribution in [0.5, 0.6) is 0 Å². The molecule has 4 heteroatoms. The molecule has 1 amide bonds. The van der Waals surface area contributed by atoms with Gasteiger partial charge in [-0.25, -0.2) is 4.39 Å². The maximum Gasteiger partial charge on any atom is 0.252 e. The largest absolute Gasteiger partial charge is 0.352 e. The molecule has 0 atom stereocenters. The van der Waals surface area contributed by atoms with Gasteiger partial charge in [-0.1, -0.05) is 17.7 Å². The summed E-state index contributed by atoms with van der Waals surface area (Å²) in [6.07, 6.45) is 7.44. The summed E-state index contributed by atoms with van der Waals surface area (Å²) in [7, 11) is 0. The first-order valence-electron chi connectivity index (χ1n) is 5.32. The third-order valence-corrected chi connectivity index (χ3v) is 2.61. The molecule has 0 fully saturated rings. The fourth-order valence-corrected chi connectivity index (χ4v) is 1.54. The SMILES string of the molecule is C#CCCCCNC(=O)c1cccc(F)c1Cl. The molecular weight excluding hydrogens is 241 g/mol. The molecule has 0 aliphatic carbocycles. The van der Waals surface area contributed by atoms with Crippen LogP contribution in [0.25, 0.3) is 0 Å². The van der Waals surface area contributed by atoms with Crippen molar-refractivity contribution < 1.29 is 9.18 Å². The molecule has 0 aliphatic heterocycles. The second-order valence-electron chi connectivity index (χ2n) is 3.52. The quantitative estimate of drug-likeness (QED) is 0.634. The monoisotopic (exact) mass is 253 g/mol. The van der Waals surface area contributed by atoms with Gasteiger partial charge in [0.2, 0.25) is 0 Å². The van der Waals surface area contributed by atoms with Crippen LogP contribution < -0.4 is 5.32 Å². The van der Waals surface area contributed by atoms with Crippen molar-refractivity contribution >= 4 is 17.5 Å². The predicted octanol–water partition coefficient (Wildman–Crippen LogP) is 3.01. The first-order chi connectivity index (χ1) is 8.16. The molecule has 0 radical (unpaired) electrons. The van der Waals surface area contributed by atoms with Crippen LogP contribution in [0.15, 0.2) is 18.2 Å². The summed E-state index contributed by atoms with van der Waals surface area (Å²) >= 11 is 5.69. The maximum atomic E-state index is 13.1. The number of carbonyl (C=O) groups is 1. The summed E-state index contributed by atoms with van der Waals surface area (Å²) in [5, 5.41) is 2.52. The molecule has 1 rings (SSSR count). The van der Waals surface area contributed by atoms with Gasteiger partial charge in [0.05, 0.1) is 10.6 Å². The van der Waals surface area contributed by atoms with E-state index < -0.39 is 5.82 Å². The summed E-state index contributed by atoms with van der Waals surface area (Å²) in [6, 6.07) is 4.16. The minimum atomic E-state index is -0.591. The number of nitrogens with one attached hydrogen (secondary N) is 1. The number of amides is 1. The Morgan fingerprint density at radius 3 is 2.94 bits per heavy atom. The lowest BCUT2D eigenvalue weighted by molar-refractivity contribution is 0.0953. The van der Waals surface area contributed by atoms with Crippen molar-refractivity contribution in [1.82, 2.24) is 5.32 Å². The highest BCUT2D eigenvalue weighted by atomic mass is 35.5. The van der Waals surface area contributed by atoms with E-state index in [-0.39, 0.29) is 16.5 Å². The highest BCUT2D eigenvalue weighted by molar-refractivity contribution is 6.34. The molecule has 2 nitrogen and oxygen atoms in total. The normalized spacial score (nSPS) is 9.71. The Bertz CT molecular complexity index is 440. The van der Waals surface area contributed by atoms with E-state index in [9.17, 15) is 9.18 Å². The number of carbonyl (C=O) groups excluding carboxylic acids is 1. The Morgan fingerprint density at radius 1 is 1.47 bits per heavy atom. The minimum Gasteiger partial charge on any atom is -0.352 e. The van der Waals surface area contributed by atoms with Gasteiger partial charge in [-0.05, 0) is 25.0 Å². The topological polar surface area (TPSA) is 29.1 Å². The predicted molar refractivity (Wildman–Crippen MR) is 66.4 cm³/mol. The third-order valence-electron chi connectivity index (χ3n) is 2.23. The molecule has 0 aliphatic rings. The lowest BCUT2D eigenvalue weighted by Crippen LogP contribution is -2.24. The van der Waals surface area contributed by atoms with Gasteiger partial charge < -0.3 is 5.32 Å². The molecule has 0 heterocycles. The average Bonchev–Trinajstić information content (AvgIpc) is 2.32. The van der Waals surface area contributed by atoms with E-state index in [4.69, 9.17) is 18.0 Å². The van der Waals surface area contributed by atoms with Gasteiger partial charge in [0.15, 0.2) is 0 Å². The fraction of sp³-hybridized carbons (Fsp3) is 0.308. The van der Waals surface area contributed by atoms with E-state index in [1.54, 1.807) is 0 Å². The van der Waals surface area contributed by atoms with Gasteiger partial charge in [-0.3, -0.25) is 4.79 Å². The second kappa shape index (κ2) is 6.93. The van der Waals surface area contributed by atoms with Gasteiger partial charge in [-0.2, -0.15) is 0 Å². The Kier molecular flexibility index (Phi) is 5.51. The van der Waals surface area contributed by atoms with Crippen LogP contribution in [0.1, 0.15) is 29.6 Å². The molecule has 1 aromatic carbocycles. The van der Waals surface area contributed by atoms with Gasteiger partial charge in [-0.15, -0.1) is 12.3 Å². The lowest BCUT2D eigenvalue weighted by atomic mass is 10.2. The summed E-state index contributed by atoms with van der Waals surface area (Å²) in [5.41, 5.74) is 0.156. The van der Waals surface area contributed by atoms with Crippen LogP contribution in [0, 0.1) is 18.2 Å². The molecule has 0 spiro atoms. The smallest absolute Gasteiger partial charge is 0.252 e. The van der Waals surface area contributed by atoms with Gasteiger partial charge in [0, 0.05) is 13.0 Å². The van der Waals surface area contributed by atoms with Crippen molar-refractivity contribution in [3.05, 3.63) is 34.6 Å². The minimum absolute atomic E-state index is 0.145. The standard InChI is InChI=1S/C13H13ClFNO/c1-2-3-4-5-9-16-13(17)10-7-6-8-11(15)12(10)14/h1,6-8H,3-5,9H2,(H,16,17). The molecule has 0 saturated heterocycles. The zero-order valence-electron chi connectivity index (χ0n) is 9.30. The van der Waals surface area contributed by atoms with Crippen molar-refractivity contribution in [1.29, 1.82) is 0 Å². The molecule has 1 N–H and O–H groups in total. The number of benzene rings is 1. The van der Waals surface area contributed by atoms with E-state index in [2.05, 4.69) is 11.2 Å².